The Hall–Kier alpha value is 0.780. The first-order valence-corrected chi connectivity index (χ1v) is 13.3. The molecule has 0 amide bonds. The molecule has 0 N–H and O–H groups in total. The van der Waals surface area contributed by atoms with Crippen LogP contribution in [0.1, 0.15) is 25.7 Å². The molecule has 0 spiro atoms. The summed E-state index contributed by atoms with van der Waals surface area (Å²) < 4.78 is 1.10. The van der Waals surface area contributed by atoms with E-state index in [0.717, 1.165) is 41.2 Å². The first-order valence-electron chi connectivity index (χ1n) is 3.90. The number of hydrogen-bond acceptors (Lipinski definition) is 1. The van der Waals surface area contributed by atoms with Gasteiger partial charge in [0.1, 0.15) is 0 Å². The number of rotatable bonds is 2. The normalized spacial score (nSPS) is 20.9. The molecular formula is C8H12Cl2OTe. The summed E-state index contributed by atoms with van der Waals surface area (Å²) in [5.41, 5.74) is 0.884. The van der Waals surface area contributed by atoms with Gasteiger partial charge in [0.05, 0.1) is 0 Å². The van der Waals surface area contributed by atoms with Crippen molar-refractivity contribution in [2.45, 2.75) is 30.7 Å². The summed E-state index contributed by atoms with van der Waals surface area (Å²) in [7, 11) is 12.2. The first kappa shape index (κ1) is 10.9. The van der Waals surface area contributed by atoms with Gasteiger partial charge in [0, 0.05) is 0 Å². The predicted molar refractivity (Wildman–Crippen MR) is 54.9 cm³/mol. The average molecular weight is 323 g/mol. The number of allylic oxidation sites excluding steroid dienone is 2. The van der Waals surface area contributed by atoms with Crippen LogP contribution in [-0.2, 0) is 4.79 Å². The van der Waals surface area contributed by atoms with Crippen molar-refractivity contribution in [1.29, 1.82) is 0 Å². The molecule has 0 aromatic heterocycles. The van der Waals surface area contributed by atoms with Gasteiger partial charge in [-0.05, 0) is 0 Å². The topological polar surface area (TPSA) is 17.1 Å². The van der Waals surface area contributed by atoms with Crippen molar-refractivity contribution in [2.24, 2.45) is 0 Å². The van der Waals surface area contributed by atoms with E-state index in [9.17, 15) is 4.79 Å². The molecule has 1 aliphatic carbocycles. The van der Waals surface area contributed by atoms with Crippen LogP contribution >= 0.6 is 17.9 Å². The summed E-state index contributed by atoms with van der Waals surface area (Å²) in [6.07, 6.45) is 4.99. The average Bonchev–Trinajstić information content (AvgIpc) is 2.03. The van der Waals surface area contributed by atoms with Crippen LogP contribution in [-0.4, -0.2) is 22.2 Å². The van der Waals surface area contributed by atoms with E-state index in [1.165, 1.54) is 0 Å². The molecule has 1 aliphatic rings. The van der Waals surface area contributed by atoms with Gasteiger partial charge in [-0.25, -0.2) is 0 Å². The van der Waals surface area contributed by atoms with Gasteiger partial charge >= 0.3 is 84.8 Å². The molecule has 0 radical (unpaired) electrons. The summed E-state index contributed by atoms with van der Waals surface area (Å²) in [5, 5.41) is 0. The second-order valence-electron chi connectivity index (χ2n) is 3.00. The summed E-state index contributed by atoms with van der Waals surface area (Å²) in [6, 6.07) is 0. The quantitative estimate of drug-likeness (QED) is 0.564. The third-order valence-electron chi connectivity index (χ3n) is 2.03. The standard InChI is InChI=1S/C8H12Cl2OTe/c1-12(9,10)8-5-3-2-4-7(8)6-11/h6H,2-5H2,1H3. The van der Waals surface area contributed by atoms with E-state index in [1.54, 1.807) is 0 Å². The van der Waals surface area contributed by atoms with Gasteiger partial charge in [0.15, 0.2) is 0 Å². The Morgan fingerprint density at radius 3 is 2.33 bits per heavy atom. The van der Waals surface area contributed by atoms with Gasteiger partial charge in [-0.2, -0.15) is 0 Å². The SMILES string of the molecule is C[Te](Cl)(Cl)C1=C(C=O)CCCC1. The fraction of sp³-hybridized carbons (Fsp3) is 0.625. The first-order chi connectivity index (χ1) is 5.55. The van der Waals surface area contributed by atoms with E-state index in [4.69, 9.17) is 17.9 Å². The third-order valence-corrected chi connectivity index (χ3v) is 8.33. The van der Waals surface area contributed by atoms with E-state index in [0.29, 0.717) is 0 Å². The Balaban J connectivity index is 2.95. The van der Waals surface area contributed by atoms with Gasteiger partial charge in [-0.15, -0.1) is 0 Å². The Morgan fingerprint density at radius 2 is 1.92 bits per heavy atom. The Labute approximate surface area is 84.4 Å². The van der Waals surface area contributed by atoms with Crippen molar-refractivity contribution in [1.82, 2.24) is 0 Å². The molecule has 0 saturated carbocycles. The Kier molecular flexibility index (Phi) is 3.92. The molecule has 0 atom stereocenters. The van der Waals surface area contributed by atoms with Crippen molar-refractivity contribution >= 4 is 40.2 Å². The predicted octanol–water partition coefficient (Wildman–Crippen LogP) is 3.14. The van der Waals surface area contributed by atoms with Crippen LogP contribution < -0.4 is 0 Å². The number of aldehydes is 1. The fourth-order valence-corrected chi connectivity index (χ4v) is 6.98. The van der Waals surface area contributed by atoms with Gasteiger partial charge in [-0.3, -0.25) is 0 Å². The summed E-state index contributed by atoms with van der Waals surface area (Å²) in [6.45, 7) is 0. The zero-order valence-corrected chi connectivity index (χ0v) is 10.8. The summed E-state index contributed by atoms with van der Waals surface area (Å²) >= 11 is -2.76. The van der Waals surface area contributed by atoms with Crippen molar-refractivity contribution in [3.05, 3.63) is 9.19 Å². The molecular weight excluding hydrogens is 311 g/mol. The third kappa shape index (κ3) is 2.64. The van der Waals surface area contributed by atoms with E-state index in [1.807, 2.05) is 4.97 Å². The molecule has 0 unspecified atom stereocenters. The molecule has 4 heteroatoms. The molecule has 0 heterocycles. The van der Waals surface area contributed by atoms with Gasteiger partial charge < -0.3 is 0 Å². The van der Waals surface area contributed by atoms with Crippen LogP contribution in [0.15, 0.2) is 9.19 Å². The fourth-order valence-electron chi connectivity index (χ4n) is 1.44. The molecule has 0 bridgehead atoms. The molecule has 1 nitrogen and oxygen atoms in total. The summed E-state index contributed by atoms with van der Waals surface area (Å²) in [5.74, 6) is 0. The summed E-state index contributed by atoms with van der Waals surface area (Å²) in [4.78, 5) is 12.6. The van der Waals surface area contributed by atoms with Crippen LogP contribution in [0.2, 0.25) is 4.97 Å². The monoisotopic (exact) mass is 324 g/mol. The number of hydrogen-bond donors (Lipinski definition) is 0. The van der Waals surface area contributed by atoms with Crippen LogP contribution in [0.4, 0.5) is 0 Å². The zero-order valence-electron chi connectivity index (χ0n) is 6.98. The molecule has 1 rings (SSSR count). The molecule has 0 aromatic carbocycles. The zero-order chi connectivity index (χ0) is 9.19. The maximum absolute atomic E-state index is 10.7. The van der Waals surface area contributed by atoms with Crippen LogP contribution in [0, 0.1) is 0 Å². The molecule has 0 aromatic rings. The van der Waals surface area contributed by atoms with E-state index in [2.05, 4.69) is 0 Å². The van der Waals surface area contributed by atoms with E-state index >= 15 is 0 Å². The van der Waals surface area contributed by atoms with Gasteiger partial charge in [-0.1, -0.05) is 0 Å². The van der Waals surface area contributed by atoms with Crippen molar-refractivity contribution in [3.63, 3.8) is 0 Å². The number of carbonyl (C=O) groups is 1. The van der Waals surface area contributed by atoms with Crippen LogP contribution in [0.3, 0.4) is 0 Å². The van der Waals surface area contributed by atoms with E-state index < -0.39 is 15.9 Å². The number of carbonyl (C=O) groups excluding carboxylic acids is 1. The van der Waals surface area contributed by atoms with Crippen molar-refractivity contribution in [3.8, 4) is 0 Å². The minimum atomic E-state index is -2.76. The molecule has 0 fully saturated rings. The van der Waals surface area contributed by atoms with Crippen molar-refractivity contribution < 1.29 is 4.79 Å². The molecule has 0 saturated heterocycles. The van der Waals surface area contributed by atoms with Crippen molar-refractivity contribution in [2.75, 3.05) is 0 Å². The minimum absolute atomic E-state index is 0.875. The molecule has 12 heavy (non-hydrogen) atoms. The Bertz CT molecular complexity index is 218. The molecule has 0 aliphatic heterocycles. The second-order valence-corrected chi connectivity index (χ2v) is 17.9. The van der Waals surface area contributed by atoms with Crippen LogP contribution in [0.25, 0.3) is 0 Å². The van der Waals surface area contributed by atoms with Gasteiger partial charge in [0.2, 0.25) is 0 Å². The Morgan fingerprint density at radius 1 is 1.33 bits per heavy atom. The van der Waals surface area contributed by atoms with E-state index in [-0.39, 0.29) is 0 Å². The van der Waals surface area contributed by atoms with Crippen LogP contribution in [0.5, 0.6) is 0 Å². The number of halogens is 2. The second kappa shape index (κ2) is 4.33. The molecule has 70 valence electrons. The maximum atomic E-state index is 10.7. The van der Waals surface area contributed by atoms with Gasteiger partial charge in [0.25, 0.3) is 0 Å².